The predicted octanol–water partition coefficient (Wildman–Crippen LogP) is 5.03. The molecule has 3 nitrogen and oxygen atoms in total. The van der Waals surface area contributed by atoms with Gasteiger partial charge in [0.05, 0.1) is 18.3 Å². The number of hydrogen-bond acceptors (Lipinski definition) is 3. The Hall–Kier alpha value is -1.23. The lowest BCUT2D eigenvalue weighted by atomic mass is 9.47. The number of aliphatic hydroxyl groups excluding tert-OH is 3. The first-order chi connectivity index (χ1) is 15.2. The zero-order valence-electron chi connectivity index (χ0n) is 19.5. The lowest BCUT2D eigenvalue weighted by molar-refractivity contribution is -0.0951. The number of fused-ring (bicyclic) bond motifs is 5. The first kappa shape index (κ1) is 22.6. The van der Waals surface area contributed by atoms with Gasteiger partial charge < -0.3 is 15.3 Å². The van der Waals surface area contributed by atoms with E-state index in [9.17, 15) is 19.7 Å². The second kappa shape index (κ2) is 8.21. The van der Waals surface area contributed by atoms with Crippen LogP contribution in [-0.2, 0) is 6.42 Å². The van der Waals surface area contributed by atoms with Gasteiger partial charge in [-0.15, -0.1) is 0 Å². The SMILES string of the molecule is C[C@]12CC[C@H]3[C@@H](CC=C4C[C@@H](O)CC[C@@]43C)[C@@H]1CC[C@@H]2[C@H](O)[C@H](O)Cc1ccc(F)cc1. The van der Waals surface area contributed by atoms with E-state index in [0.717, 1.165) is 50.5 Å². The number of rotatable bonds is 4. The summed E-state index contributed by atoms with van der Waals surface area (Å²) in [5, 5.41) is 32.3. The van der Waals surface area contributed by atoms with E-state index in [-0.39, 0.29) is 28.7 Å². The molecule has 1 aromatic carbocycles. The summed E-state index contributed by atoms with van der Waals surface area (Å²) >= 11 is 0. The van der Waals surface area contributed by atoms with Gasteiger partial charge in [0.2, 0.25) is 0 Å². The van der Waals surface area contributed by atoms with Crippen molar-refractivity contribution in [3.63, 3.8) is 0 Å². The van der Waals surface area contributed by atoms with Crippen LogP contribution in [0.2, 0.25) is 0 Å². The quantitative estimate of drug-likeness (QED) is 0.573. The van der Waals surface area contributed by atoms with Crippen molar-refractivity contribution in [2.75, 3.05) is 0 Å². The van der Waals surface area contributed by atoms with E-state index in [4.69, 9.17) is 0 Å². The maximum atomic E-state index is 13.2. The normalized spacial score (nSPS) is 42.9. The second-order valence-corrected chi connectivity index (χ2v) is 11.8. The topological polar surface area (TPSA) is 60.7 Å². The van der Waals surface area contributed by atoms with Crippen molar-refractivity contribution in [2.24, 2.45) is 34.5 Å². The van der Waals surface area contributed by atoms with Gasteiger partial charge >= 0.3 is 0 Å². The van der Waals surface area contributed by atoms with Crippen molar-refractivity contribution in [1.29, 1.82) is 0 Å². The van der Waals surface area contributed by atoms with Crippen LogP contribution in [0.1, 0.15) is 70.8 Å². The molecular weight excluding hydrogens is 403 g/mol. The fraction of sp³-hybridized carbons (Fsp3) is 0.714. The highest BCUT2D eigenvalue weighted by Crippen LogP contribution is 2.66. The predicted molar refractivity (Wildman–Crippen MR) is 123 cm³/mol. The van der Waals surface area contributed by atoms with Crippen LogP contribution in [0.3, 0.4) is 0 Å². The molecule has 0 aliphatic heterocycles. The van der Waals surface area contributed by atoms with Gasteiger partial charge in [-0.1, -0.05) is 37.6 Å². The molecule has 5 rings (SSSR count). The number of aliphatic hydroxyl groups is 3. The van der Waals surface area contributed by atoms with E-state index in [0.29, 0.717) is 24.2 Å². The van der Waals surface area contributed by atoms with E-state index in [2.05, 4.69) is 19.9 Å². The minimum atomic E-state index is -0.825. The third-order valence-electron chi connectivity index (χ3n) is 10.3. The molecule has 3 N–H and O–H groups in total. The molecule has 1 aromatic rings. The monoisotopic (exact) mass is 442 g/mol. The summed E-state index contributed by atoms with van der Waals surface area (Å²) in [6.45, 7) is 4.81. The molecule has 32 heavy (non-hydrogen) atoms. The fourth-order valence-corrected chi connectivity index (χ4v) is 8.49. The summed E-state index contributed by atoms with van der Waals surface area (Å²) in [7, 11) is 0. The highest BCUT2D eigenvalue weighted by molar-refractivity contribution is 5.25. The van der Waals surface area contributed by atoms with E-state index in [1.807, 2.05) is 0 Å². The Bertz CT molecular complexity index is 866. The third-order valence-corrected chi connectivity index (χ3v) is 10.3. The molecule has 0 radical (unpaired) electrons. The van der Waals surface area contributed by atoms with Crippen LogP contribution < -0.4 is 0 Å². The van der Waals surface area contributed by atoms with Crippen molar-refractivity contribution in [2.45, 2.75) is 89.9 Å². The van der Waals surface area contributed by atoms with Gasteiger partial charge in [-0.25, -0.2) is 4.39 Å². The summed E-state index contributed by atoms with van der Waals surface area (Å²) in [5.74, 6) is 1.73. The Morgan fingerprint density at radius 2 is 1.75 bits per heavy atom. The van der Waals surface area contributed by atoms with Crippen molar-refractivity contribution in [3.8, 4) is 0 Å². The summed E-state index contributed by atoms with van der Waals surface area (Å²) < 4.78 is 13.2. The minimum Gasteiger partial charge on any atom is -0.393 e. The molecule has 4 aliphatic rings. The van der Waals surface area contributed by atoms with Crippen LogP contribution in [0, 0.1) is 40.3 Å². The largest absolute Gasteiger partial charge is 0.393 e. The molecule has 4 heteroatoms. The van der Waals surface area contributed by atoms with Crippen LogP contribution in [0.5, 0.6) is 0 Å². The molecule has 3 saturated carbocycles. The van der Waals surface area contributed by atoms with Gasteiger partial charge in [-0.05, 0) is 104 Å². The molecule has 0 spiro atoms. The van der Waals surface area contributed by atoms with Gasteiger partial charge in [0.1, 0.15) is 5.82 Å². The Morgan fingerprint density at radius 1 is 1.00 bits per heavy atom. The maximum Gasteiger partial charge on any atom is 0.123 e. The highest BCUT2D eigenvalue weighted by Gasteiger charge is 2.60. The Kier molecular flexibility index (Phi) is 5.79. The molecular formula is C28H39FO3. The van der Waals surface area contributed by atoms with Gasteiger partial charge in [0.25, 0.3) is 0 Å². The number of halogens is 1. The van der Waals surface area contributed by atoms with Crippen LogP contribution in [0.4, 0.5) is 4.39 Å². The van der Waals surface area contributed by atoms with Gasteiger partial charge in [-0.2, -0.15) is 0 Å². The molecule has 9 atom stereocenters. The Labute approximate surface area is 191 Å². The van der Waals surface area contributed by atoms with E-state index in [1.54, 1.807) is 12.1 Å². The lowest BCUT2D eigenvalue weighted by Crippen LogP contribution is -2.52. The Balaban J connectivity index is 1.33. The summed E-state index contributed by atoms with van der Waals surface area (Å²) in [6, 6.07) is 6.23. The fourth-order valence-electron chi connectivity index (χ4n) is 8.49. The highest BCUT2D eigenvalue weighted by atomic mass is 19.1. The molecule has 0 amide bonds. The van der Waals surface area contributed by atoms with Crippen molar-refractivity contribution in [3.05, 3.63) is 47.3 Å². The van der Waals surface area contributed by atoms with E-state index < -0.39 is 12.2 Å². The molecule has 4 aliphatic carbocycles. The van der Waals surface area contributed by atoms with Gasteiger partial charge in [-0.3, -0.25) is 0 Å². The van der Waals surface area contributed by atoms with Crippen LogP contribution in [-0.4, -0.2) is 33.6 Å². The zero-order valence-corrected chi connectivity index (χ0v) is 19.5. The third kappa shape index (κ3) is 3.58. The molecule has 0 unspecified atom stereocenters. The van der Waals surface area contributed by atoms with Crippen LogP contribution in [0.15, 0.2) is 35.9 Å². The van der Waals surface area contributed by atoms with Crippen LogP contribution in [0.25, 0.3) is 0 Å². The van der Waals surface area contributed by atoms with Crippen molar-refractivity contribution >= 4 is 0 Å². The van der Waals surface area contributed by atoms with Crippen molar-refractivity contribution < 1.29 is 19.7 Å². The smallest absolute Gasteiger partial charge is 0.123 e. The average molecular weight is 443 g/mol. The number of hydrogen-bond donors (Lipinski definition) is 3. The first-order valence-electron chi connectivity index (χ1n) is 12.7. The second-order valence-electron chi connectivity index (χ2n) is 11.8. The summed E-state index contributed by atoms with van der Waals surface area (Å²) in [4.78, 5) is 0. The molecule has 0 saturated heterocycles. The van der Waals surface area contributed by atoms with Crippen molar-refractivity contribution in [1.82, 2.24) is 0 Å². The lowest BCUT2D eigenvalue weighted by Gasteiger charge is -2.58. The molecule has 176 valence electrons. The maximum absolute atomic E-state index is 13.2. The van der Waals surface area contributed by atoms with Gasteiger partial charge in [0.15, 0.2) is 0 Å². The number of benzene rings is 1. The summed E-state index contributed by atoms with van der Waals surface area (Å²) in [5.41, 5.74) is 2.63. The van der Waals surface area contributed by atoms with E-state index in [1.165, 1.54) is 24.1 Å². The Morgan fingerprint density at radius 3 is 2.50 bits per heavy atom. The average Bonchev–Trinajstić information content (AvgIpc) is 3.12. The number of allylic oxidation sites excluding steroid dienone is 1. The van der Waals surface area contributed by atoms with Gasteiger partial charge in [0, 0.05) is 6.42 Å². The molecule has 0 aromatic heterocycles. The summed E-state index contributed by atoms with van der Waals surface area (Å²) in [6.07, 6.45) is 9.39. The first-order valence-corrected chi connectivity index (χ1v) is 12.7. The van der Waals surface area contributed by atoms with Crippen LogP contribution >= 0.6 is 0 Å². The standard InChI is InChI=1S/C28H39FO3/c1-27-13-11-20(30)16-18(27)5-8-21-22-9-10-24(28(22,2)14-12-23(21)27)26(32)25(31)15-17-3-6-19(29)7-4-17/h3-7,20-26,30-32H,8-16H2,1-2H3/t20-,21-,22-,23-,24+,25+,26-,27-,28-/m0/s1. The molecule has 0 bridgehead atoms. The van der Waals surface area contributed by atoms with E-state index >= 15 is 0 Å². The zero-order chi connectivity index (χ0) is 22.7. The molecule has 0 heterocycles. The minimum absolute atomic E-state index is 0.0558. The molecule has 3 fully saturated rings.